The van der Waals surface area contributed by atoms with E-state index in [0.717, 1.165) is 16.9 Å². The van der Waals surface area contributed by atoms with Crippen molar-refractivity contribution in [1.82, 2.24) is 0 Å². The number of hydrogen-bond acceptors (Lipinski definition) is 1. The molecule has 0 heterocycles. The van der Waals surface area contributed by atoms with Gasteiger partial charge in [-0.2, -0.15) is 0 Å². The second-order valence-electron chi connectivity index (χ2n) is 5.08. The lowest BCUT2D eigenvalue weighted by Gasteiger charge is -2.03. The highest BCUT2D eigenvalue weighted by atomic mass is 35.5. The first kappa shape index (κ1) is 15.0. The zero-order chi connectivity index (χ0) is 15.2. The fraction of sp³-hybridized carbons (Fsp3) is 0.250. The minimum atomic E-state index is -0.907. The van der Waals surface area contributed by atoms with Crippen molar-refractivity contribution in [1.29, 1.82) is 0 Å². The molecule has 0 saturated heterocycles. The standard InChI is InChI=1S/C16H12Cl3FO/c1-21-11-5-2-9(3-6-11)14-15(16(14,18)19)10-4-7-13(20)12(17)8-10/h2-8,14-15H,1H3/t14-,15-/m1/s1. The Morgan fingerprint density at radius 3 is 2.14 bits per heavy atom. The predicted octanol–water partition coefficient (Wildman–Crippen LogP) is 5.54. The van der Waals surface area contributed by atoms with Crippen LogP contribution in [0, 0.1) is 5.82 Å². The smallest absolute Gasteiger partial charge is 0.141 e. The van der Waals surface area contributed by atoms with E-state index in [1.165, 1.54) is 6.07 Å². The Bertz CT molecular complexity index is 670. The molecule has 0 N–H and O–H groups in total. The van der Waals surface area contributed by atoms with Crippen LogP contribution >= 0.6 is 34.8 Å². The zero-order valence-corrected chi connectivity index (χ0v) is 13.4. The van der Waals surface area contributed by atoms with E-state index in [1.54, 1.807) is 19.2 Å². The van der Waals surface area contributed by atoms with Gasteiger partial charge in [0.2, 0.25) is 0 Å². The van der Waals surface area contributed by atoms with Crippen molar-refractivity contribution in [2.75, 3.05) is 7.11 Å². The van der Waals surface area contributed by atoms with Crippen molar-refractivity contribution in [3.05, 3.63) is 64.4 Å². The van der Waals surface area contributed by atoms with Gasteiger partial charge in [0.05, 0.1) is 12.1 Å². The molecule has 0 unspecified atom stereocenters. The summed E-state index contributed by atoms with van der Waals surface area (Å²) in [6.45, 7) is 0. The maximum Gasteiger partial charge on any atom is 0.141 e. The van der Waals surface area contributed by atoms with Crippen LogP contribution in [-0.4, -0.2) is 11.4 Å². The molecule has 1 aliphatic rings. The lowest BCUT2D eigenvalue weighted by Crippen LogP contribution is -1.91. The van der Waals surface area contributed by atoms with Gasteiger partial charge in [-0.15, -0.1) is 23.2 Å². The predicted molar refractivity (Wildman–Crippen MR) is 84.3 cm³/mol. The fourth-order valence-corrected chi connectivity index (χ4v) is 3.74. The van der Waals surface area contributed by atoms with E-state index in [4.69, 9.17) is 39.5 Å². The zero-order valence-electron chi connectivity index (χ0n) is 11.1. The molecule has 110 valence electrons. The van der Waals surface area contributed by atoms with E-state index in [2.05, 4.69) is 0 Å². The summed E-state index contributed by atoms with van der Waals surface area (Å²) in [4.78, 5) is 0. The van der Waals surface area contributed by atoms with Crippen LogP contribution in [0.1, 0.15) is 23.0 Å². The molecule has 2 aromatic carbocycles. The second kappa shape index (κ2) is 5.35. The van der Waals surface area contributed by atoms with Crippen LogP contribution in [0.15, 0.2) is 42.5 Å². The summed E-state index contributed by atoms with van der Waals surface area (Å²) in [5.74, 6) is 0.174. The third-order valence-corrected chi connectivity index (χ3v) is 5.06. The van der Waals surface area contributed by atoms with Crippen molar-refractivity contribution >= 4 is 34.8 Å². The highest BCUT2D eigenvalue weighted by Gasteiger charge is 2.64. The molecule has 0 bridgehead atoms. The lowest BCUT2D eigenvalue weighted by molar-refractivity contribution is 0.414. The maximum absolute atomic E-state index is 13.3. The van der Waals surface area contributed by atoms with Crippen LogP contribution < -0.4 is 4.74 Å². The Morgan fingerprint density at radius 1 is 1.00 bits per heavy atom. The molecule has 0 spiro atoms. The van der Waals surface area contributed by atoms with Gasteiger partial charge in [-0.25, -0.2) is 4.39 Å². The molecule has 1 saturated carbocycles. The number of halogens is 4. The van der Waals surface area contributed by atoms with Crippen molar-refractivity contribution in [2.45, 2.75) is 16.2 Å². The number of rotatable bonds is 3. The van der Waals surface area contributed by atoms with Crippen LogP contribution in [0.25, 0.3) is 0 Å². The summed E-state index contributed by atoms with van der Waals surface area (Å²) in [7, 11) is 1.61. The third kappa shape index (κ3) is 2.61. The van der Waals surface area contributed by atoms with E-state index < -0.39 is 10.2 Å². The van der Waals surface area contributed by atoms with Crippen molar-refractivity contribution in [3.8, 4) is 5.75 Å². The van der Waals surface area contributed by atoms with Crippen LogP contribution in [0.3, 0.4) is 0 Å². The lowest BCUT2D eigenvalue weighted by atomic mass is 10.0. The Labute approximate surface area is 137 Å². The number of ether oxygens (including phenoxy) is 1. The quantitative estimate of drug-likeness (QED) is 0.663. The van der Waals surface area contributed by atoms with Gasteiger partial charge in [-0.05, 0) is 35.4 Å². The molecule has 0 radical (unpaired) electrons. The molecule has 21 heavy (non-hydrogen) atoms. The minimum Gasteiger partial charge on any atom is -0.497 e. The topological polar surface area (TPSA) is 9.23 Å². The van der Waals surface area contributed by atoms with Crippen molar-refractivity contribution < 1.29 is 9.13 Å². The van der Waals surface area contributed by atoms with Gasteiger partial charge < -0.3 is 4.74 Å². The van der Waals surface area contributed by atoms with Gasteiger partial charge in [0.15, 0.2) is 0 Å². The molecule has 3 rings (SSSR count). The summed E-state index contributed by atoms with van der Waals surface area (Å²) in [6.07, 6.45) is 0. The molecule has 1 fully saturated rings. The first-order valence-corrected chi connectivity index (χ1v) is 7.55. The van der Waals surface area contributed by atoms with E-state index in [0.29, 0.717) is 0 Å². The first-order chi connectivity index (χ1) is 9.95. The maximum atomic E-state index is 13.3. The van der Waals surface area contributed by atoms with E-state index in [-0.39, 0.29) is 16.9 Å². The summed E-state index contributed by atoms with van der Waals surface area (Å²) in [5.41, 5.74) is 1.86. The summed E-state index contributed by atoms with van der Waals surface area (Å²) in [6, 6.07) is 12.2. The molecule has 5 heteroatoms. The van der Waals surface area contributed by atoms with Crippen LogP contribution in [0.4, 0.5) is 4.39 Å². The van der Waals surface area contributed by atoms with Crippen molar-refractivity contribution in [3.63, 3.8) is 0 Å². The number of alkyl halides is 2. The first-order valence-electron chi connectivity index (χ1n) is 6.42. The Hall–Kier alpha value is -0.960. The number of benzene rings is 2. The average molecular weight is 346 g/mol. The van der Waals surface area contributed by atoms with Crippen LogP contribution in [0.2, 0.25) is 5.02 Å². The third-order valence-electron chi connectivity index (χ3n) is 3.83. The molecule has 0 aliphatic heterocycles. The summed E-state index contributed by atoms with van der Waals surface area (Å²) < 4.78 is 17.5. The summed E-state index contributed by atoms with van der Waals surface area (Å²) in [5, 5.41) is 0.0806. The largest absolute Gasteiger partial charge is 0.497 e. The molecule has 0 amide bonds. The van der Waals surface area contributed by atoms with Gasteiger partial charge in [-0.1, -0.05) is 29.8 Å². The molecule has 2 aromatic rings. The van der Waals surface area contributed by atoms with Gasteiger partial charge in [0.25, 0.3) is 0 Å². The SMILES string of the molecule is COc1ccc([C@@H]2[C@@H](c3ccc(F)c(Cl)c3)C2(Cl)Cl)cc1. The fourth-order valence-electron chi connectivity index (χ4n) is 2.67. The van der Waals surface area contributed by atoms with Gasteiger partial charge in [0, 0.05) is 11.8 Å². The summed E-state index contributed by atoms with van der Waals surface area (Å²) >= 11 is 18.6. The molecule has 0 aromatic heterocycles. The molecule has 1 aliphatic carbocycles. The van der Waals surface area contributed by atoms with Crippen molar-refractivity contribution in [2.24, 2.45) is 0 Å². The molecule has 2 atom stereocenters. The van der Waals surface area contributed by atoms with Crippen LogP contribution in [-0.2, 0) is 0 Å². The Morgan fingerprint density at radius 2 is 1.57 bits per heavy atom. The number of methoxy groups -OCH3 is 1. The van der Waals surface area contributed by atoms with Gasteiger partial charge in [0.1, 0.15) is 15.9 Å². The van der Waals surface area contributed by atoms with Gasteiger partial charge >= 0.3 is 0 Å². The number of hydrogen-bond donors (Lipinski definition) is 0. The normalized spacial score (nSPS) is 22.9. The molecular formula is C16H12Cl3FO. The molecular weight excluding hydrogens is 334 g/mol. The minimum absolute atomic E-state index is 0.0479. The van der Waals surface area contributed by atoms with Gasteiger partial charge in [-0.3, -0.25) is 0 Å². The monoisotopic (exact) mass is 344 g/mol. The highest BCUT2D eigenvalue weighted by Crippen LogP contribution is 2.70. The van der Waals surface area contributed by atoms with Crippen LogP contribution in [0.5, 0.6) is 5.75 Å². The average Bonchev–Trinajstić information content (AvgIpc) is 3.04. The second-order valence-corrected chi connectivity index (χ2v) is 6.93. The van der Waals surface area contributed by atoms with E-state index in [1.807, 2.05) is 24.3 Å². The van der Waals surface area contributed by atoms with E-state index in [9.17, 15) is 4.39 Å². The Kier molecular flexibility index (Phi) is 3.81. The highest BCUT2D eigenvalue weighted by molar-refractivity contribution is 6.52. The molecule has 1 nitrogen and oxygen atoms in total. The van der Waals surface area contributed by atoms with E-state index >= 15 is 0 Å². The Balaban J connectivity index is 1.91.